The van der Waals surface area contributed by atoms with Gasteiger partial charge in [0.25, 0.3) is 0 Å². The van der Waals surface area contributed by atoms with Gasteiger partial charge in [0.05, 0.1) is 6.04 Å². The fourth-order valence-electron chi connectivity index (χ4n) is 1.58. The van der Waals surface area contributed by atoms with Gasteiger partial charge in [0, 0.05) is 7.11 Å². The van der Waals surface area contributed by atoms with Crippen LogP contribution in [0.3, 0.4) is 0 Å². The van der Waals surface area contributed by atoms with Crippen LogP contribution in [0.25, 0.3) is 0 Å². The zero-order chi connectivity index (χ0) is 8.60. The summed E-state index contributed by atoms with van der Waals surface area (Å²) in [6, 6.07) is 0.512. The van der Waals surface area contributed by atoms with Crippen LogP contribution in [0.15, 0.2) is 4.99 Å². The Labute approximate surface area is 73.0 Å². The topological polar surface area (TPSA) is 47.6 Å². The molecule has 0 aromatic heterocycles. The quantitative estimate of drug-likeness (QED) is 0.506. The van der Waals surface area contributed by atoms with Gasteiger partial charge >= 0.3 is 0 Å². The van der Waals surface area contributed by atoms with E-state index in [0.717, 1.165) is 18.7 Å². The lowest BCUT2D eigenvalue weighted by atomic mass is 9.79. The number of ether oxygens (including phenoxy) is 1. The molecule has 68 valence electrons. The summed E-state index contributed by atoms with van der Waals surface area (Å²) >= 11 is 0. The molecule has 0 unspecified atom stereocenters. The maximum atomic E-state index is 5.89. The molecular formula is C9H16N2O. The van der Waals surface area contributed by atoms with Gasteiger partial charge in [-0.2, -0.15) is 0 Å². The molecule has 0 radical (unpaired) electrons. The van der Waals surface area contributed by atoms with E-state index in [1.807, 2.05) is 0 Å². The van der Waals surface area contributed by atoms with Crippen LogP contribution in [0, 0.1) is 0 Å². The van der Waals surface area contributed by atoms with Crippen LogP contribution < -0.4 is 5.73 Å². The monoisotopic (exact) mass is 168 g/mol. The van der Waals surface area contributed by atoms with E-state index in [1.54, 1.807) is 7.11 Å². The van der Waals surface area contributed by atoms with Crippen molar-refractivity contribution in [1.82, 2.24) is 0 Å². The normalized spacial score (nSPS) is 28.2. The molecule has 2 rings (SSSR count). The lowest BCUT2D eigenvalue weighted by Gasteiger charge is -2.39. The summed E-state index contributed by atoms with van der Waals surface area (Å²) in [5, 5.41) is 0. The number of methoxy groups -OCH3 is 1. The smallest absolute Gasteiger partial charge is 0.127 e. The molecule has 12 heavy (non-hydrogen) atoms. The molecule has 2 aliphatic carbocycles. The molecule has 0 aliphatic heterocycles. The Morgan fingerprint density at radius 3 is 2.50 bits per heavy atom. The van der Waals surface area contributed by atoms with Crippen LogP contribution in [0.5, 0.6) is 0 Å². The summed E-state index contributed by atoms with van der Waals surface area (Å²) < 4.78 is 5.41. The molecule has 0 saturated heterocycles. The van der Waals surface area contributed by atoms with Crippen molar-refractivity contribution in [1.29, 1.82) is 0 Å². The van der Waals surface area contributed by atoms with Gasteiger partial charge in [-0.3, -0.25) is 4.99 Å². The third-order valence-electron chi connectivity index (χ3n) is 2.89. The van der Waals surface area contributed by atoms with Gasteiger partial charge in [-0.25, -0.2) is 0 Å². The molecule has 0 spiro atoms. The molecular weight excluding hydrogens is 152 g/mol. The highest BCUT2D eigenvalue weighted by atomic mass is 16.5. The number of nitrogens with zero attached hydrogens (tertiary/aromatic N) is 1. The zero-order valence-electron chi connectivity index (χ0n) is 7.55. The van der Waals surface area contributed by atoms with E-state index in [2.05, 4.69) is 4.99 Å². The maximum absolute atomic E-state index is 5.89. The molecule has 0 aromatic rings. The van der Waals surface area contributed by atoms with Crippen molar-refractivity contribution in [2.45, 2.75) is 43.7 Å². The standard InChI is InChI=1S/C9H16N2O/c1-12-9(5-2-6-9)8(10)11-7-3-4-7/h7H,2-6H2,1H3,(H2,10,11). The van der Waals surface area contributed by atoms with Crippen molar-refractivity contribution in [3.63, 3.8) is 0 Å². The van der Waals surface area contributed by atoms with Crippen LogP contribution in [0.4, 0.5) is 0 Å². The Balaban J connectivity index is 2.04. The average Bonchev–Trinajstić information content (AvgIpc) is 2.70. The third kappa shape index (κ3) is 1.22. The first-order chi connectivity index (χ1) is 5.77. The number of hydrogen-bond donors (Lipinski definition) is 1. The first-order valence-corrected chi connectivity index (χ1v) is 4.66. The summed E-state index contributed by atoms with van der Waals surface area (Å²) in [6.07, 6.45) is 5.73. The molecule has 2 fully saturated rings. The predicted molar refractivity (Wildman–Crippen MR) is 48.2 cm³/mol. The summed E-state index contributed by atoms with van der Waals surface area (Å²) in [7, 11) is 1.73. The van der Waals surface area contributed by atoms with Gasteiger partial charge in [-0.15, -0.1) is 0 Å². The molecule has 3 heteroatoms. The lowest BCUT2D eigenvalue weighted by molar-refractivity contribution is -0.0136. The minimum absolute atomic E-state index is 0.178. The Morgan fingerprint density at radius 2 is 2.17 bits per heavy atom. The largest absolute Gasteiger partial charge is 0.385 e. The number of aliphatic imine (C=N–C) groups is 1. The number of rotatable bonds is 3. The van der Waals surface area contributed by atoms with Crippen molar-refractivity contribution in [2.75, 3.05) is 7.11 Å². The van der Waals surface area contributed by atoms with Crippen molar-refractivity contribution in [2.24, 2.45) is 10.7 Å². The molecule has 2 aliphatic rings. The number of nitrogens with two attached hydrogens (primary N) is 1. The van der Waals surface area contributed by atoms with Gasteiger partial charge in [0.1, 0.15) is 11.4 Å². The van der Waals surface area contributed by atoms with E-state index in [-0.39, 0.29) is 5.60 Å². The summed E-state index contributed by atoms with van der Waals surface area (Å²) in [6.45, 7) is 0. The van der Waals surface area contributed by atoms with Crippen LogP contribution >= 0.6 is 0 Å². The molecule has 0 heterocycles. The third-order valence-corrected chi connectivity index (χ3v) is 2.89. The zero-order valence-corrected chi connectivity index (χ0v) is 7.55. The van der Waals surface area contributed by atoms with Crippen molar-refractivity contribution < 1.29 is 4.74 Å². The van der Waals surface area contributed by atoms with Crippen LogP contribution in [0.1, 0.15) is 32.1 Å². The highest BCUT2D eigenvalue weighted by Gasteiger charge is 2.41. The first-order valence-electron chi connectivity index (χ1n) is 4.66. The molecule has 3 nitrogen and oxygen atoms in total. The number of hydrogen-bond acceptors (Lipinski definition) is 2. The summed E-state index contributed by atoms with van der Waals surface area (Å²) in [5.41, 5.74) is 5.71. The molecule has 2 N–H and O–H groups in total. The van der Waals surface area contributed by atoms with Gasteiger partial charge in [0.15, 0.2) is 0 Å². The predicted octanol–water partition coefficient (Wildman–Crippen LogP) is 1.08. The van der Waals surface area contributed by atoms with E-state index >= 15 is 0 Å². The van der Waals surface area contributed by atoms with Crippen molar-refractivity contribution in [3.05, 3.63) is 0 Å². The second kappa shape index (κ2) is 2.73. The summed E-state index contributed by atoms with van der Waals surface area (Å²) in [4.78, 5) is 4.42. The van der Waals surface area contributed by atoms with E-state index in [1.165, 1.54) is 19.3 Å². The molecule has 0 bridgehead atoms. The average molecular weight is 168 g/mol. The van der Waals surface area contributed by atoms with Gasteiger partial charge in [-0.05, 0) is 32.1 Å². The Hall–Kier alpha value is -0.570. The highest BCUT2D eigenvalue weighted by Crippen LogP contribution is 2.36. The van der Waals surface area contributed by atoms with Crippen molar-refractivity contribution in [3.8, 4) is 0 Å². The van der Waals surface area contributed by atoms with Crippen LogP contribution in [0.2, 0.25) is 0 Å². The Bertz CT molecular complexity index is 199. The van der Waals surface area contributed by atoms with E-state index < -0.39 is 0 Å². The second-order valence-corrected chi connectivity index (χ2v) is 3.80. The minimum atomic E-state index is -0.178. The molecule has 0 amide bonds. The van der Waals surface area contributed by atoms with Gasteiger partial charge < -0.3 is 10.5 Å². The van der Waals surface area contributed by atoms with Gasteiger partial charge in [-0.1, -0.05) is 0 Å². The molecule has 2 saturated carbocycles. The minimum Gasteiger partial charge on any atom is -0.385 e. The SMILES string of the molecule is COC1(C(N)=NC2CC2)CCC1. The van der Waals surface area contributed by atoms with Crippen LogP contribution in [-0.2, 0) is 4.74 Å². The van der Waals surface area contributed by atoms with Crippen LogP contribution in [-0.4, -0.2) is 24.6 Å². The fourth-order valence-corrected chi connectivity index (χ4v) is 1.58. The van der Waals surface area contributed by atoms with Gasteiger partial charge in [0.2, 0.25) is 0 Å². The lowest BCUT2D eigenvalue weighted by Crippen LogP contribution is -2.51. The fraction of sp³-hybridized carbons (Fsp3) is 0.889. The Kier molecular flexibility index (Phi) is 1.83. The highest BCUT2D eigenvalue weighted by molar-refractivity contribution is 5.90. The second-order valence-electron chi connectivity index (χ2n) is 3.80. The first kappa shape index (κ1) is 8.05. The molecule has 0 atom stereocenters. The summed E-state index contributed by atoms with van der Waals surface area (Å²) in [5.74, 6) is 0.735. The Morgan fingerprint density at radius 1 is 1.50 bits per heavy atom. The van der Waals surface area contributed by atoms with E-state index in [0.29, 0.717) is 6.04 Å². The number of amidine groups is 1. The van der Waals surface area contributed by atoms with E-state index in [4.69, 9.17) is 10.5 Å². The maximum Gasteiger partial charge on any atom is 0.127 e. The molecule has 0 aromatic carbocycles. The van der Waals surface area contributed by atoms with Crippen molar-refractivity contribution >= 4 is 5.84 Å². The van der Waals surface area contributed by atoms with E-state index in [9.17, 15) is 0 Å².